The molecule has 2 bridgehead atoms. The Kier molecular flexibility index (Phi) is 4.55. The van der Waals surface area contributed by atoms with Crippen molar-refractivity contribution in [2.75, 3.05) is 26.2 Å². The minimum Gasteiger partial charge on any atom is -0.337 e. The molecule has 0 aliphatic carbocycles. The molecular weight excluding hydrogens is 374 g/mol. The van der Waals surface area contributed by atoms with Gasteiger partial charge in [-0.1, -0.05) is 10.6 Å². The highest BCUT2D eigenvalue weighted by Crippen LogP contribution is 2.36. The summed E-state index contributed by atoms with van der Waals surface area (Å²) in [6, 6.07) is 4.14. The molecule has 0 radical (unpaired) electrons. The predicted molar refractivity (Wildman–Crippen MR) is 107 cm³/mol. The van der Waals surface area contributed by atoms with Crippen molar-refractivity contribution in [2.24, 2.45) is 5.92 Å². The average Bonchev–Trinajstić information content (AvgIpc) is 3.35. The maximum atomic E-state index is 13.1. The van der Waals surface area contributed by atoms with Crippen molar-refractivity contribution in [1.29, 1.82) is 0 Å². The second-order valence-corrected chi connectivity index (χ2v) is 9.13. The first-order valence-corrected chi connectivity index (χ1v) is 10.9. The molecule has 148 valence electrons. The fourth-order valence-corrected chi connectivity index (χ4v) is 5.66. The molecule has 2 aromatic heterocycles. The minimum atomic E-state index is 0.0312. The Morgan fingerprint density at radius 1 is 1.21 bits per heavy atom. The quantitative estimate of drug-likeness (QED) is 0.788. The zero-order valence-corrected chi connectivity index (χ0v) is 17.0. The third-order valence-corrected chi connectivity index (χ3v) is 7.22. The third kappa shape index (κ3) is 3.08. The Labute approximate surface area is 168 Å². The lowest BCUT2D eigenvalue weighted by molar-refractivity contribution is 0.0598. The van der Waals surface area contributed by atoms with Gasteiger partial charge < -0.3 is 9.47 Å². The highest BCUT2D eigenvalue weighted by atomic mass is 32.1. The molecule has 5 rings (SSSR count). The Bertz CT molecular complexity index is 962. The number of carbonyl (C=O) groups excluding carboxylic acids is 1. The Morgan fingerprint density at radius 2 is 2.04 bits per heavy atom. The average molecular weight is 400 g/mol. The van der Waals surface area contributed by atoms with Crippen LogP contribution in [0, 0.1) is 12.8 Å². The smallest absolute Gasteiger partial charge is 0.267 e. The Balaban J connectivity index is 1.40. The van der Waals surface area contributed by atoms with Crippen LogP contribution in [0.5, 0.6) is 0 Å². The standard InChI is InChI=1S/C20H25N5O2S/c1-13-18(28-22-21-13)20(27)24-9-14-8-16(12-24)17-5-4-15(19(26)25(17)10-14)11-23-6-2-3-7-23/h4-5,14,16H,2-3,6-12H2,1H3/t14-,16+/m0/s1. The molecule has 1 amide bonds. The summed E-state index contributed by atoms with van der Waals surface area (Å²) in [7, 11) is 0. The molecule has 0 saturated carbocycles. The molecule has 0 aromatic carbocycles. The molecule has 3 aliphatic rings. The molecule has 5 heterocycles. The van der Waals surface area contributed by atoms with E-state index in [0.29, 0.717) is 36.1 Å². The van der Waals surface area contributed by atoms with E-state index in [-0.39, 0.29) is 17.4 Å². The van der Waals surface area contributed by atoms with Crippen LogP contribution in [-0.4, -0.2) is 56.0 Å². The summed E-state index contributed by atoms with van der Waals surface area (Å²) in [5.41, 5.74) is 2.86. The van der Waals surface area contributed by atoms with Crippen LogP contribution >= 0.6 is 11.5 Å². The van der Waals surface area contributed by atoms with Crippen LogP contribution in [0.3, 0.4) is 0 Å². The van der Waals surface area contributed by atoms with Gasteiger partial charge in [0.25, 0.3) is 11.5 Å². The summed E-state index contributed by atoms with van der Waals surface area (Å²) < 4.78 is 5.90. The van der Waals surface area contributed by atoms with E-state index in [4.69, 9.17) is 0 Å². The summed E-state index contributed by atoms with van der Waals surface area (Å²) in [5.74, 6) is 0.589. The van der Waals surface area contributed by atoms with Crippen LogP contribution in [0.2, 0.25) is 0 Å². The monoisotopic (exact) mass is 399 g/mol. The first kappa shape index (κ1) is 18.0. The zero-order valence-electron chi connectivity index (χ0n) is 16.1. The van der Waals surface area contributed by atoms with Crippen molar-refractivity contribution in [3.05, 3.63) is 44.3 Å². The van der Waals surface area contributed by atoms with Crippen LogP contribution in [0.4, 0.5) is 0 Å². The highest BCUT2D eigenvalue weighted by Gasteiger charge is 2.37. The van der Waals surface area contributed by atoms with Gasteiger partial charge >= 0.3 is 0 Å². The van der Waals surface area contributed by atoms with Gasteiger partial charge in [0.2, 0.25) is 0 Å². The van der Waals surface area contributed by atoms with Gasteiger partial charge in [-0.25, -0.2) is 0 Å². The number of pyridine rings is 1. The van der Waals surface area contributed by atoms with Crippen LogP contribution in [-0.2, 0) is 13.1 Å². The van der Waals surface area contributed by atoms with E-state index in [1.165, 1.54) is 24.4 Å². The topological polar surface area (TPSA) is 71.3 Å². The molecule has 8 heteroatoms. The molecule has 2 saturated heterocycles. The lowest BCUT2D eigenvalue weighted by Gasteiger charge is -2.42. The van der Waals surface area contributed by atoms with E-state index >= 15 is 0 Å². The molecule has 0 unspecified atom stereocenters. The molecule has 2 fully saturated rings. The molecule has 2 atom stereocenters. The van der Waals surface area contributed by atoms with Gasteiger partial charge in [0, 0.05) is 43.4 Å². The number of aromatic nitrogens is 3. The van der Waals surface area contributed by atoms with Crippen molar-refractivity contribution >= 4 is 17.4 Å². The fourth-order valence-electron chi connectivity index (χ4n) is 5.03. The van der Waals surface area contributed by atoms with Gasteiger partial charge in [-0.2, -0.15) is 0 Å². The fraction of sp³-hybridized carbons (Fsp3) is 0.600. The lowest BCUT2D eigenvalue weighted by atomic mass is 9.83. The molecule has 0 N–H and O–H groups in total. The SMILES string of the molecule is Cc1nnsc1C(=O)N1C[C@@H]2C[C@H](C1)c1ccc(CN3CCCC3)c(=O)n1C2. The number of amides is 1. The molecule has 3 aliphatic heterocycles. The molecule has 0 spiro atoms. The van der Waals surface area contributed by atoms with Crippen LogP contribution < -0.4 is 5.56 Å². The van der Waals surface area contributed by atoms with Crippen LogP contribution in [0.15, 0.2) is 16.9 Å². The van der Waals surface area contributed by atoms with E-state index in [9.17, 15) is 9.59 Å². The third-order valence-electron chi connectivity index (χ3n) is 6.41. The van der Waals surface area contributed by atoms with Gasteiger partial charge in [0.15, 0.2) is 0 Å². The number of piperidine rings is 1. The Hall–Kier alpha value is -2.06. The predicted octanol–water partition coefficient (Wildman–Crippen LogP) is 1.86. The van der Waals surface area contributed by atoms with Crippen molar-refractivity contribution in [1.82, 2.24) is 24.0 Å². The van der Waals surface area contributed by atoms with Gasteiger partial charge in [-0.15, -0.1) is 5.10 Å². The number of rotatable bonds is 3. The maximum absolute atomic E-state index is 13.1. The summed E-state index contributed by atoms with van der Waals surface area (Å²) in [6.07, 6.45) is 3.51. The largest absolute Gasteiger partial charge is 0.337 e. The van der Waals surface area contributed by atoms with Crippen LogP contribution in [0.1, 0.15) is 51.8 Å². The van der Waals surface area contributed by atoms with Crippen molar-refractivity contribution in [3.63, 3.8) is 0 Å². The van der Waals surface area contributed by atoms with E-state index in [1.54, 1.807) is 0 Å². The van der Waals surface area contributed by atoms with E-state index in [1.807, 2.05) is 22.5 Å². The highest BCUT2D eigenvalue weighted by molar-refractivity contribution is 7.07. The van der Waals surface area contributed by atoms with Crippen LogP contribution in [0.25, 0.3) is 0 Å². The van der Waals surface area contributed by atoms with Gasteiger partial charge in [-0.05, 0) is 62.8 Å². The maximum Gasteiger partial charge on any atom is 0.267 e. The van der Waals surface area contributed by atoms with E-state index < -0.39 is 0 Å². The van der Waals surface area contributed by atoms with Crippen molar-refractivity contribution < 1.29 is 4.79 Å². The van der Waals surface area contributed by atoms with Gasteiger partial charge in [0.1, 0.15) is 4.88 Å². The number of hydrogen-bond acceptors (Lipinski definition) is 6. The number of hydrogen-bond donors (Lipinski definition) is 0. The summed E-state index contributed by atoms with van der Waals surface area (Å²) in [5, 5.41) is 3.98. The lowest BCUT2D eigenvalue weighted by Crippen LogP contribution is -2.49. The van der Waals surface area contributed by atoms with Crippen molar-refractivity contribution in [3.8, 4) is 0 Å². The first-order chi connectivity index (χ1) is 13.6. The number of likely N-dealkylation sites (tertiary alicyclic amines) is 2. The second kappa shape index (κ2) is 7.08. The second-order valence-electron chi connectivity index (χ2n) is 8.38. The summed E-state index contributed by atoms with van der Waals surface area (Å²) in [6.45, 7) is 6.86. The number of aryl methyl sites for hydroxylation is 1. The summed E-state index contributed by atoms with van der Waals surface area (Å²) in [4.78, 5) is 31.0. The number of nitrogens with zero attached hydrogens (tertiary/aromatic N) is 5. The van der Waals surface area contributed by atoms with E-state index in [2.05, 4.69) is 20.6 Å². The van der Waals surface area contributed by atoms with Gasteiger partial charge in [-0.3, -0.25) is 14.5 Å². The zero-order chi connectivity index (χ0) is 19.3. The first-order valence-electron chi connectivity index (χ1n) is 10.1. The molecule has 28 heavy (non-hydrogen) atoms. The normalized spacial score (nSPS) is 24.4. The number of carbonyl (C=O) groups is 1. The number of fused-ring (bicyclic) bond motifs is 4. The van der Waals surface area contributed by atoms with E-state index in [0.717, 1.165) is 37.3 Å². The Morgan fingerprint density at radius 3 is 2.79 bits per heavy atom. The molecule has 2 aromatic rings. The molecule has 7 nitrogen and oxygen atoms in total. The molecular formula is C20H25N5O2S. The van der Waals surface area contributed by atoms with Crippen molar-refractivity contribution in [2.45, 2.75) is 45.2 Å². The minimum absolute atomic E-state index is 0.0312. The van der Waals surface area contributed by atoms with Gasteiger partial charge in [0.05, 0.1) is 5.69 Å². The summed E-state index contributed by atoms with van der Waals surface area (Å²) >= 11 is 1.17.